The number of amides is 1. The van der Waals surface area contributed by atoms with E-state index in [0.717, 1.165) is 22.4 Å². The standard InChI is InChI=1S/C29H32N2O5/c1-5-27(30-36-18-17-35-26-8-6-7-25(19-26)20(2)29(33)34)23-13-9-21(10-14-23)22-11-15-24(16-12-22)28(32)31(3)4/h5-16,19-20,30H,17-18H2,1-4H3,(H,33,34). The lowest BCUT2D eigenvalue weighted by Gasteiger charge is -2.13. The molecule has 1 atom stereocenters. The summed E-state index contributed by atoms with van der Waals surface area (Å²) in [5.74, 6) is -0.889. The molecule has 1 amide bonds. The van der Waals surface area contributed by atoms with Crippen LogP contribution in [-0.2, 0) is 9.63 Å². The molecule has 3 aromatic rings. The Kier molecular flexibility index (Phi) is 9.25. The fraction of sp³-hybridized carbons (Fsp3) is 0.241. The number of carboxylic acid groups (broad SMARTS) is 1. The van der Waals surface area contributed by atoms with E-state index < -0.39 is 11.9 Å². The Morgan fingerprint density at radius 1 is 0.944 bits per heavy atom. The Morgan fingerprint density at radius 3 is 2.11 bits per heavy atom. The highest BCUT2D eigenvalue weighted by Gasteiger charge is 2.14. The topological polar surface area (TPSA) is 88.1 Å². The zero-order valence-corrected chi connectivity index (χ0v) is 21.0. The first-order chi connectivity index (χ1) is 17.3. The van der Waals surface area contributed by atoms with Crippen molar-refractivity contribution in [3.05, 3.63) is 95.6 Å². The van der Waals surface area contributed by atoms with Crippen molar-refractivity contribution in [3.63, 3.8) is 0 Å². The number of carbonyl (C=O) groups excluding carboxylic acids is 1. The van der Waals surface area contributed by atoms with E-state index in [-0.39, 0.29) is 5.91 Å². The van der Waals surface area contributed by atoms with Crippen molar-refractivity contribution in [3.8, 4) is 16.9 Å². The van der Waals surface area contributed by atoms with E-state index in [1.165, 1.54) is 0 Å². The lowest BCUT2D eigenvalue weighted by atomic mass is 10.0. The lowest BCUT2D eigenvalue weighted by molar-refractivity contribution is -0.138. The molecule has 7 nitrogen and oxygen atoms in total. The first kappa shape index (κ1) is 26.5. The molecule has 188 valence electrons. The molecular formula is C29H32N2O5. The quantitative estimate of drug-likeness (QED) is 0.285. The van der Waals surface area contributed by atoms with Crippen LogP contribution in [0.1, 0.15) is 41.3 Å². The number of hydroxylamine groups is 1. The maximum Gasteiger partial charge on any atom is 0.310 e. The monoisotopic (exact) mass is 488 g/mol. The van der Waals surface area contributed by atoms with Gasteiger partial charge in [0.2, 0.25) is 0 Å². The van der Waals surface area contributed by atoms with E-state index in [2.05, 4.69) is 5.48 Å². The number of hydrogen-bond acceptors (Lipinski definition) is 5. The van der Waals surface area contributed by atoms with Gasteiger partial charge in [-0.25, -0.2) is 0 Å². The first-order valence-corrected chi connectivity index (χ1v) is 11.7. The number of rotatable bonds is 11. The molecule has 0 fully saturated rings. The molecule has 0 bridgehead atoms. The fourth-order valence-electron chi connectivity index (χ4n) is 3.54. The van der Waals surface area contributed by atoms with Crippen molar-refractivity contribution in [2.24, 2.45) is 0 Å². The smallest absolute Gasteiger partial charge is 0.310 e. The van der Waals surface area contributed by atoms with Gasteiger partial charge in [0.15, 0.2) is 0 Å². The maximum absolute atomic E-state index is 12.1. The van der Waals surface area contributed by atoms with Crippen LogP contribution in [0, 0.1) is 0 Å². The molecular weight excluding hydrogens is 456 g/mol. The minimum atomic E-state index is -0.874. The number of allylic oxidation sites excluding steroid dienone is 1. The summed E-state index contributed by atoms with van der Waals surface area (Å²) in [6, 6.07) is 22.7. The van der Waals surface area contributed by atoms with Crippen LogP contribution in [0.2, 0.25) is 0 Å². The highest BCUT2D eigenvalue weighted by Crippen LogP contribution is 2.23. The summed E-state index contributed by atoms with van der Waals surface area (Å²) in [7, 11) is 3.48. The minimum absolute atomic E-state index is 0.0209. The first-order valence-electron chi connectivity index (χ1n) is 11.7. The third-order valence-corrected chi connectivity index (χ3v) is 5.72. The molecule has 0 saturated heterocycles. The number of aliphatic carboxylic acids is 1. The predicted octanol–water partition coefficient (Wildman–Crippen LogP) is 5.20. The molecule has 3 aromatic carbocycles. The molecule has 7 heteroatoms. The van der Waals surface area contributed by atoms with Crippen LogP contribution >= 0.6 is 0 Å². The Labute approximate surface area is 211 Å². The fourth-order valence-corrected chi connectivity index (χ4v) is 3.54. The van der Waals surface area contributed by atoms with Crippen molar-refractivity contribution in [2.75, 3.05) is 27.3 Å². The number of benzene rings is 3. The maximum atomic E-state index is 12.1. The highest BCUT2D eigenvalue weighted by molar-refractivity contribution is 5.94. The molecule has 0 aromatic heterocycles. The summed E-state index contributed by atoms with van der Waals surface area (Å²) in [5, 5.41) is 9.17. The van der Waals surface area contributed by atoms with Crippen LogP contribution in [-0.4, -0.2) is 49.2 Å². The van der Waals surface area contributed by atoms with Gasteiger partial charge < -0.3 is 14.7 Å². The summed E-state index contributed by atoms with van der Waals surface area (Å²) in [6.45, 7) is 4.17. The van der Waals surface area contributed by atoms with Crippen molar-refractivity contribution in [1.82, 2.24) is 10.4 Å². The van der Waals surface area contributed by atoms with E-state index in [0.29, 0.717) is 30.1 Å². The van der Waals surface area contributed by atoms with Crippen LogP contribution in [0.5, 0.6) is 5.75 Å². The van der Waals surface area contributed by atoms with Crippen LogP contribution in [0.4, 0.5) is 0 Å². The van der Waals surface area contributed by atoms with Crippen molar-refractivity contribution in [2.45, 2.75) is 19.8 Å². The Balaban J connectivity index is 1.50. The van der Waals surface area contributed by atoms with E-state index in [9.17, 15) is 14.7 Å². The average molecular weight is 489 g/mol. The van der Waals surface area contributed by atoms with E-state index >= 15 is 0 Å². The molecule has 0 aliphatic heterocycles. The Morgan fingerprint density at radius 2 is 1.56 bits per heavy atom. The van der Waals surface area contributed by atoms with Crippen molar-refractivity contribution < 1.29 is 24.3 Å². The zero-order chi connectivity index (χ0) is 26.1. The number of nitrogens with zero attached hydrogens (tertiary/aromatic N) is 1. The normalized spacial score (nSPS) is 12.1. The molecule has 3 rings (SSSR count). The van der Waals surface area contributed by atoms with Gasteiger partial charge in [0.25, 0.3) is 5.91 Å². The lowest BCUT2D eigenvalue weighted by Crippen LogP contribution is -2.21. The minimum Gasteiger partial charge on any atom is -0.491 e. The highest BCUT2D eigenvalue weighted by atomic mass is 16.7. The predicted molar refractivity (Wildman–Crippen MR) is 141 cm³/mol. The van der Waals surface area contributed by atoms with Crippen LogP contribution < -0.4 is 10.2 Å². The molecule has 1 unspecified atom stereocenters. The Hall–Kier alpha value is -4.10. The molecule has 0 heterocycles. The molecule has 36 heavy (non-hydrogen) atoms. The summed E-state index contributed by atoms with van der Waals surface area (Å²) in [6.07, 6.45) is 1.92. The summed E-state index contributed by atoms with van der Waals surface area (Å²) in [4.78, 5) is 30.4. The molecule has 2 N–H and O–H groups in total. The van der Waals surface area contributed by atoms with Crippen LogP contribution in [0.25, 0.3) is 16.8 Å². The molecule has 0 saturated carbocycles. The molecule has 0 radical (unpaired) electrons. The largest absolute Gasteiger partial charge is 0.491 e. The SMILES string of the molecule is CC=C(NOCCOc1cccc(C(C)C(=O)O)c1)c1ccc(-c2ccc(C(=O)N(C)C)cc2)cc1. The van der Waals surface area contributed by atoms with Crippen LogP contribution in [0.3, 0.4) is 0 Å². The van der Waals surface area contributed by atoms with E-state index in [1.807, 2.05) is 61.5 Å². The van der Waals surface area contributed by atoms with Gasteiger partial charge in [-0.15, -0.1) is 0 Å². The summed E-state index contributed by atoms with van der Waals surface area (Å²) in [5.41, 5.74) is 8.19. The van der Waals surface area contributed by atoms with E-state index in [4.69, 9.17) is 9.57 Å². The average Bonchev–Trinajstić information content (AvgIpc) is 2.90. The van der Waals surface area contributed by atoms with Gasteiger partial charge in [-0.2, -0.15) is 0 Å². The third-order valence-electron chi connectivity index (χ3n) is 5.72. The third kappa shape index (κ3) is 6.96. The second kappa shape index (κ2) is 12.6. The number of hydrogen-bond donors (Lipinski definition) is 2. The van der Waals surface area contributed by atoms with Gasteiger partial charge in [0, 0.05) is 19.7 Å². The second-order valence-corrected chi connectivity index (χ2v) is 8.49. The number of nitrogens with one attached hydrogen (secondary N) is 1. The number of carbonyl (C=O) groups is 2. The van der Waals surface area contributed by atoms with Gasteiger partial charge in [-0.1, -0.05) is 54.6 Å². The van der Waals surface area contributed by atoms with Crippen molar-refractivity contribution in [1.29, 1.82) is 0 Å². The van der Waals surface area contributed by atoms with E-state index in [1.54, 1.807) is 50.2 Å². The summed E-state index contributed by atoms with van der Waals surface area (Å²) >= 11 is 0. The van der Waals surface area contributed by atoms with Gasteiger partial charge in [0.1, 0.15) is 19.0 Å². The van der Waals surface area contributed by atoms with Gasteiger partial charge in [0.05, 0.1) is 11.6 Å². The van der Waals surface area contributed by atoms with Crippen LogP contribution in [0.15, 0.2) is 78.9 Å². The van der Waals surface area contributed by atoms with Gasteiger partial charge in [-0.3, -0.25) is 19.9 Å². The Bertz CT molecular complexity index is 1200. The molecule has 0 aliphatic rings. The van der Waals surface area contributed by atoms with Gasteiger partial charge >= 0.3 is 5.97 Å². The number of ether oxygens (including phenoxy) is 1. The molecule has 0 spiro atoms. The molecule has 0 aliphatic carbocycles. The second-order valence-electron chi connectivity index (χ2n) is 8.49. The van der Waals surface area contributed by atoms with Crippen molar-refractivity contribution >= 4 is 17.6 Å². The van der Waals surface area contributed by atoms with Gasteiger partial charge in [-0.05, 0) is 60.4 Å². The zero-order valence-electron chi connectivity index (χ0n) is 21.0. The number of carboxylic acids is 1. The summed E-state index contributed by atoms with van der Waals surface area (Å²) < 4.78 is 5.70.